The van der Waals surface area contributed by atoms with E-state index in [1.165, 1.54) is 13.8 Å². The number of aliphatic hydroxyl groups excluding tert-OH is 1. The Morgan fingerprint density at radius 2 is 1.55 bits per heavy atom. The number of carboxylic acids is 2. The molecule has 0 aromatic rings. The third-order valence-electron chi connectivity index (χ3n) is 1.84. The van der Waals surface area contributed by atoms with Crippen molar-refractivity contribution in [2.45, 2.75) is 32.5 Å². The Labute approximate surface area is 118 Å². The highest BCUT2D eigenvalue weighted by Crippen LogP contribution is 2.04. The van der Waals surface area contributed by atoms with Gasteiger partial charge in [0.05, 0.1) is 27.6 Å². The monoisotopic (exact) mass is 294 g/mol. The first kappa shape index (κ1) is 20.6. The Morgan fingerprint density at radius 1 is 1.15 bits per heavy atom. The van der Waals surface area contributed by atoms with Crippen LogP contribution in [0.4, 0.5) is 0 Å². The summed E-state index contributed by atoms with van der Waals surface area (Å²) in [4.78, 5) is 30.6. The van der Waals surface area contributed by atoms with Gasteiger partial charge in [0.25, 0.3) is 0 Å². The lowest BCUT2D eigenvalue weighted by atomic mass is 10.2. The van der Waals surface area contributed by atoms with Crippen molar-refractivity contribution < 1.29 is 38.9 Å². The Hall–Kier alpha value is -1.67. The van der Waals surface area contributed by atoms with E-state index in [2.05, 4.69) is 0 Å². The number of carbonyl (C=O) groups is 3. The van der Waals surface area contributed by atoms with Crippen LogP contribution in [0.25, 0.3) is 0 Å². The average molecular weight is 294 g/mol. The fourth-order valence-corrected chi connectivity index (χ4v) is 1.18. The Bertz CT molecular complexity index is 317. The molecule has 0 saturated heterocycles. The molecule has 8 heteroatoms. The summed E-state index contributed by atoms with van der Waals surface area (Å²) in [6.45, 7) is 2.97. The number of hydrogen-bond donors (Lipinski definition) is 3. The minimum Gasteiger partial charge on any atom is -0.481 e. The molecule has 0 aromatic heterocycles. The van der Waals surface area contributed by atoms with Crippen molar-refractivity contribution in [3.8, 4) is 0 Å². The van der Waals surface area contributed by atoms with E-state index in [1.807, 2.05) is 21.1 Å². The topological polar surface area (TPSA) is 121 Å². The van der Waals surface area contributed by atoms with Crippen LogP contribution in [0.2, 0.25) is 0 Å². The maximum absolute atomic E-state index is 10.7. The van der Waals surface area contributed by atoms with Gasteiger partial charge in [-0.2, -0.15) is 0 Å². The van der Waals surface area contributed by atoms with Crippen molar-refractivity contribution in [2.75, 3.05) is 27.7 Å². The number of aliphatic hydroxyl groups is 1. The first-order valence-corrected chi connectivity index (χ1v) is 5.95. The number of rotatable bonds is 6. The molecule has 0 bridgehead atoms. The summed E-state index contributed by atoms with van der Waals surface area (Å²) in [6.07, 6.45) is -1.93. The molecule has 0 amide bonds. The normalized spacial score (nSPS) is 13.5. The number of quaternary nitrogens is 1. The number of nitrogens with zero attached hydrogens (tertiary/aromatic N) is 1. The third kappa shape index (κ3) is 16.3. The van der Waals surface area contributed by atoms with Gasteiger partial charge in [0, 0.05) is 6.92 Å². The summed E-state index contributed by atoms with van der Waals surface area (Å²) in [5.41, 5.74) is 0. The van der Waals surface area contributed by atoms with E-state index in [9.17, 15) is 14.4 Å². The molecule has 8 nitrogen and oxygen atoms in total. The first-order valence-electron chi connectivity index (χ1n) is 5.95. The van der Waals surface area contributed by atoms with Crippen molar-refractivity contribution in [1.82, 2.24) is 0 Å². The van der Waals surface area contributed by atoms with Crippen LogP contribution in [0.5, 0.6) is 0 Å². The standard InChI is InChI=1S/C9H17NO4.C3H6O3/c1-7(11)14-8(5-9(12)13)6-10(2,3)4;1-2(4)3(5)6/h8H,5-6H2,1-4H3;2,4H,1H3,(H,5,6)/p+1/t8-;/m1./s1. The largest absolute Gasteiger partial charge is 0.481 e. The molecule has 0 saturated carbocycles. The van der Waals surface area contributed by atoms with Gasteiger partial charge in [0.2, 0.25) is 0 Å². The van der Waals surface area contributed by atoms with Crippen molar-refractivity contribution in [1.29, 1.82) is 0 Å². The number of esters is 1. The van der Waals surface area contributed by atoms with Gasteiger partial charge in [0.15, 0.2) is 6.10 Å². The molecule has 0 aliphatic carbocycles. The lowest BCUT2D eigenvalue weighted by Gasteiger charge is -2.28. The van der Waals surface area contributed by atoms with Crippen molar-refractivity contribution >= 4 is 17.9 Å². The maximum atomic E-state index is 10.7. The van der Waals surface area contributed by atoms with Gasteiger partial charge in [0.1, 0.15) is 12.6 Å². The quantitative estimate of drug-likeness (QED) is 0.448. The van der Waals surface area contributed by atoms with Crippen LogP contribution in [-0.4, -0.2) is 77.6 Å². The highest BCUT2D eigenvalue weighted by molar-refractivity contribution is 5.71. The van der Waals surface area contributed by atoms with Crippen LogP contribution in [0.3, 0.4) is 0 Å². The summed E-state index contributed by atoms with van der Waals surface area (Å²) < 4.78 is 5.46. The Morgan fingerprint density at radius 3 is 1.75 bits per heavy atom. The second-order valence-corrected chi connectivity index (χ2v) is 5.32. The fourth-order valence-electron chi connectivity index (χ4n) is 1.18. The first-order chi connectivity index (χ1) is 8.85. The number of carbonyl (C=O) groups excluding carboxylic acids is 1. The van der Waals surface area contributed by atoms with Gasteiger partial charge in [-0.3, -0.25) is 9.59 Å². The smallest absolute Gasteiger partial charge is 0.332 e. The Kier molecular flexibility index (Phi) is 9.57. The van der Waals surface area contributed by atoms with Crippen LogP contribution in [-0.2, 0) is 19.1 Å². The van der Waals surface area contributed by atoms with E-state index in [1.54, 1.807) is 0 Å². The molecule has 118 valence electrons. The molecule has 0 spiro atoms. The number of hydrogen-bond acceptors (Lipinski definition) is 5. The van der Waals surface area contributed by atoms with Gasteiger partial charge in [-0.25, -0.2) is 4.79 Å². The molecule has 0 aromatic carbocycles. The summed E-state index contributed by atoms with van der Waals surface area (Å²) >= 11 is 0. The van der Waals surface area contributed by atoms with Crippen molar-refractivity contribution in [2.24, 2.45) is 0 Å². The van der Waals surface area contributed by atoms with E-state index < -0.39 is 30.1 Å². The van der Waals surface area contributed by atoms with Crippen LogP contribution in [0, 0.1) is 0 Å². The molecule has 0 heterocycles. The highest BCUT2D eigenvalue weighted by Gasteiger charge is 2.23. The fraction of sp³-hybridized carbons (Fsp3) is 0.750. The average Bonchev–Trinajstić information content (AvgIpc) is 2.12. The summed E-state index contributed by atoms with van der Waals surface area (Å²) in [7, 11) is 5.75. The Balaban J connectivity index is 0. The number of carboxylic acid groups (broad SMARTS) is 2. The van der Waals surface area contributed by atoms with Gasteiger partial charge in [-0.1, -0.05) is 0 Å². The molecule has 2 atom stereocenters. The van der Waals surface area contributed by atoms with Gasteiger partial charge in [-0.15, -0.1) is 0 Å². The van der Waals surface area contributed by atoms with Crippen LogP contribution < -0.4 is 0 Å². The van der Waals surface area contributed by atoms with Crippen molar-refractivity contribution in [3.63, 3.8) is 0 Å². The molecule has 3 N–H and O–H groups in total. The summed E-state index contributed by atoms with van der Waals surface area (Å²) in [5.74, 6) is -2.58. The lowest BCUT2D eigenvalue weighted by Crippen LogP contribution is -2.43. The zero-order valence-electron chi connectivity index (χ0n) is 12.5. The minimum atomic E-state index is -1.23. The van der Waals surface area contributed by atoms with E-state index >= 15 is 0 Å². The molecule has 0 fully saturated rings. The predicted molar refractivity (Wildman–Crippen MR) is 70.0 cm³/mol. The zero-order chi connectivity index (χ0) is 16.5. The van der Waals surface area contributed by atoms with Gasteiger partial charge < -0.3 is 24.5 Å². The molecule has 0 radical (unpaired) electrons. The highest BCUT2D eigenvalue weighted by atomic mass is 16.5. The summed E-state index contributed by atoms with van der Waals surface area (Å²) in [5, 5.41) is 24.4. The lowest BCUT2D eigenvalue weighted by molar-refractivity contribution is -0.873. The number of likely N-dealkylation sites (N-methyl/N-ethyl adjacent to an activating group) is 1. The van der Waals surface area contributed by atoms with Gasteiger partial charge in [-0.05, 0) is 6.92 Å². The van der Waals surface area contributed by atoms with Gasteiger partial charge >= 0.3 is 17.9 Å². The minimum absolute atomic E-state index is 0.144. The second kappa shape index (κ2) is 9.27. The predicted octanol–water partition coefficient (Wildman–Crippen LogP) is -0.449. The summed E-state index contributed by atoms with van der Waals surface area (Å²) in [6, 6.07) is 0. The molecule has 0 rings (SSSR count). The number of aliphatic carboxylic acids is 2. The number of ether oxygens (including phenoxy) is 1. The van der Waals surface area contributed by atoms with Crippen LogP contribution in [0.15, 0.2) is 0 Å². The van der Waals surface area contributed by atoms with E-state index in [-0.39, 0.29) is 6.42 Å². The zero-order valence-corrected chi connectivity index (χ0v) is 12.5. The van der Waals surface area contributed by atoms with Crippen LogP contribution >= 0.6 is 0 Å². The molecular formula is C12H24NO7+. The molecule has 0 aliphatic rings. The van der Waals surface area contributed by atoms with E-state index in [4.69, 9.17) is 20.1 Å². The van der Waals surface area contributed by atoms with E-state index in [0.717, 1.165) is 0 Å². The van der Waals surface area contributed by atoms with Crippen LogP contribution in [0.1, 0.15) is 20.3 Å². The second-order valence-electron chi connectivity index (χ2n) is 5.32. The van der Waals surface area contributed by atoms with Crippen molar-refractivity contribution in [3.05, 3.63) is 0 Å². The molecule has 20 heavy (non-hydrogen) atoms. The third-order valence-corrected chi connectivity index (χ3v) is 1.84. The van der Waals surface area contributed by atoms with E-state index in [0.29, 0.717) is 11.0 Å². The molecular weight excluding hydrogens is 270 g/mol. The molecule has 0 aliphatic heterocycles. The SMILES string of the molecule is CC(=O)O[C@H](CC(=O)O)C[N+](C)(C)C.CC(O)C(=O)O. The molecule has 1 unspecified atom stereocenters. The maximum Gasteiger partial charge on any atom is 0.332 e.